The minimum absolute atomic E-state index is 0.668. The van der Waals surface area contributed by atoms with Crippen LogP contribution >= 0.6 is 0 Å². The molecule has 0 radical (unpaired) electrons. The number of hydrogen-bond acceptors (Lipinski definition) is 2. The summed E-state index contributed by atoms with van der Waals surface area (Å²) in [5.74, 6) is 2.52. The Morgan fingerprint density at radius 3 is 2.82 bits per heavy atom. The van der Waals surface area contributed by atoms with Crippen LogP contribution in [0.2, 0.25) is 0 Å². The van der Waals surface area contributed by atoms with E-state index in [1.54, 1.807) is 6.08 Å². The Kier molecular flexibility index (Phi) is 1.31. The molecule has 0 saturated heterocycles. The highest BCUT2D eigenvalue weighted by atomic mass is 15.3. The molecule has 1 aromatic heterocycles. The Hall–Kier alpha value is -1.12. The molecular weight excluding hydrogens is 138 g/mol. The number of aromatic nitrogens is 3. The van der Waals surface area contributed by atoms with Crippen LogP contribution in [-0.4, -0.2) is 14.8 Å². The van der Waals surface area contributed by atoms with E-state index in [4.69, 9.17) is 0 Å². The lowest BCUT2D eigenvalue weighted by molar-refractivity contribution is 0.703. The van der Waals surface area contributed by atoms with Crippen LogP contribution in [0.15, 0.2) is 6.58 Å². The number of nitrogens with zero attached hydrogens (tertiary/aromatic N) is 3. The molecule has 1 aromatic rings. The molecule has 2 rings (SSSR count). The smallest absolute Gasteiger partial charge is 0.173 e. The van der Waals surface area contributed by atoms with Crippen LogP contribution in [0.4, 0.5) is 0 Å². The largest absolute Gasteiger partial charge is 0.252 e. The van der Waals surface area contributed by atoms with Gasteiger partial charge in [-0.25, -0.2) is 4.98 Å². The van der Waals surface area contributed by atoms with Crippen molar-refractivity contribution in [1.82, 2.24) is 14.8 Å². The molecule has 0 atom stereocenters. The first kappa shape index (κ1) is 6.58. The second-order valence-electron chi connectivity index (χ2n) is 2.93. The summed E-state index contributed by atoms with van der Waals surface area (Å²) in [7, 11) is 1.94. The average Bonchev–Trinajstić information content (AvgIpc) is 2.76. The van der Waals surface area contributed by atoms with Crippen molar-refractivity contribution in [3.63, 3.8) is 0 Å². The van der Waals surface area contributed by atoms with E-state index in [9.17, 15) is 0 Å². The maximum Gasteiger partial charge on any atom is 0.173 e. The van der Waals surface area contributed by atoms with Gasteiger partial charge in [-0.15, -0.1) is 0 Å². The molecule has 0 aliphatic heterocycles. The normalized spacial score (nSPS) is 16.8. The van der Waals surface area contributed by atoms with E-state index in [1.807, 2.05) is 11.7 Å². The molecule has 0 amide bonds. The van der Waals surface area contributed by atoms with Gasteiger partial charge in [-0.05, 0) is 18.9 Å². The van der Waals surface area contributed by atoms with Crippen molar-refractivity contribution in [2.75, 3.05) is 0 Å². The third kappa shape index (κ3) is 1.06. The minimum atomic E-state index is 0.668. The first-order valence-corrected chi connectivity index (χ1v) is 3.84. The second-order valence-corrected chi connectivity index (χ2v) is 2.93. The van der Waals surface area contributed by atoms with E-state index < -0.39 is 0 Å². The summed E-state index contributed by atoms with van der Waals surface area (Å²) in [5, 5.41) is 4.18. The first-order chi connectivity index (χ1) is 5.31. The topological polar surface area (TPSA) is 30.7 Å². The fraction of sp³-hybridized carbons (Fsp3) is 0.500. The Morgan fingerprint density at radius 2 is 2.36 bits per heavy atom. The van der Waals surface area contributed by atoms with Crippen molar-refractivity contribution in [3.05, 3.63) is 18.2 Å². The first-order valence-electron chi connectivity index (χ1n) is 3.84. The Morgan fingerprint density at radius 1 is 1.64 bits per heavy atom. The summed E-state index contributed by atoms with van der Waals surface area (Å²) in [4.78, 5) is 4.32. The molecule has 58 valence electrons. The van der Waals surface area contributed by atoms with Gasteiger partial charge in [0.05, 0.1) is 0 Å². The lowest BCUT2D eigenvalue weighted by Gasteiger charge is -1.92. The van der Waals surface area contributed by atoms with E-state index in [0.29, 0.717) is 5.92 Å². The molecule has 3 nitrogen and oxygen atoms in total. The Bertz CT molecular complexity index is 284. The Labute approximate surface area is 65.8 Å². The van der Waals surface area contributed by atoms with Gasteiger partial charge in [0.2, 0.25) is 0 Å². The third-order valence-corrected chi connectivity index (χ3v) is 1.94. The molecule has 0 spiro atoms. The molecule has 1 fully saturated rings. The molecule has 0 unspecified atom stereocenters. The highest BCUT2D eigenvalue weighted by molar-refractivity contribution is 5.35. The fourth-order valence-electron chi connectivity index (χ4n) is 1.20. The van der Waals surface area contributed by atoms with Gasteiger partial charge < -0.3 is 0 Å². The van der Waals surface area contributed by atoms with Crippen LogP contribution in [0.5, 0.6) is 0 Å². The fourth-order valence-corrected chi connectivity index (χ4v) is 1.20. The lowest BCUT2D eigenvalue weighted by Crippen LogP contribution is -1.96. The summed E-state index contributed by atoms with van der Waals surface area (Å²) in [5.41, 5.74) is 0. The molecule has 11 heavy (non-hydrogen) atoms. The van der Waals surface area contributed by atoms with Gasteiger partial charge >= 0.3 is 0 Å². The van der Waals surface area contributed by atoms with E-state index in [-0.39, 0.29) is 0 Å². The van der Waals surface area contributed by atoms with Gasteiger partial charge in [0.1, 0.15) is 5.82 Å². The van der Waals surface area contributed by atoms with Gasteiger partial charge in [-0.2, -0.15) is 5.10 Å². The van der Waals surface area contributed by atoms with E-state index in [0.717, 1.165) is 11.6 Å². The third-order valence-electron chi connectivity index (χ3n) is 1.94. The van der Waals surface area contributed by atoms with Gasteiger partial charge in [-0.3, -0.25) is 4.68 Å². The van der Waals surface area contributed by atoms with Gasteiger partial charge in [0.15, 0.2) is 5.82 Å². The molecule has 0 N–H and O–H groups in total. The molecule has 1 heterocycles. The van der Waals surface area contributed by atoms with Crippen LogP contribution in [0.25, 0.3) is 6.08 Å². The summed E-state index contributed by atoms with van der Waals surface area (Å²) in [6, 6.07) is 0. The summed E-state index contributed by atoms with van der Waals surface area (Å²) in [6.45, 7) is 3.63. The summed E-state index contributed by atoms with van der Waals surface area (Å²) in [6.07, 6.45) is 4.22. The molecular formula is C8H11N3. The molecule has 1 aliphatic rings. The van der Waals surface area contributed by atoms with Crippen LogP contribution < -0.4 is 0 Å². The van der Waals surface area contributed by atoms with E-state index >= 15 is 0 Å². The number of hydrogen-bond donors (Lipinski definition) is 0. The zero-order valence-electron chi connectivity index (χ0n) is 6.62. The average molecular weight is 149 g/mol. The van der Waals surface area contributed by atoms with Crippen molar-refractivity contribution in [1.29, 1.82) is 0 Å². The summed E-state index contributed by atoms with van der Waals surface area (Å²) >= 11 is 0. The number of rotatable bonds is 2. The lowest BCUT2D eigenvalue weighted by atomic mass is 10.4. The molecule has 0 aromatic carbocycles. The van der Waals surface area contributed by atoms with Gasteiger partial charge in [-0.1, -0.05) is 6.58 Å². The van der Waals surface area contributed by atoms with Crippen molar-refractivity contribution in [2.24, 2.45) is 7.05 Å². The summed E-state index contributed by atoms with van der Waals surface area (Å²) < 4.78 is 1.86. The quantitative estimate of drug-likeness (QED) is 0.635. The predicted molar refractivity (Wildman–Crippen MR) is 43.1 cm³/mol. The second kappa shape index (κ2) is 2.19. The molecule has 1 aliphatic carbocycles. The van der Waals surface area contributed by atoms with Crippen LogP contribution in [-0.2, 0) is 7.05 Å². The highest BCUT2D eigenvalue weighted by Crippen LogP contribution is 2.38. The van der Waals surface area contributed by atoms with Crippen molar-refractivity contribution in [3.8, 4) is 0 Å². The zero-order valence-corrected chi connectivity index (χ0v) is 6.62. The van der Waals surface area contributed by atoms with E-state index in [2.05, 4.69) is 16.7 Å². The van der Waals surface area contributed by atoms with Gasteiger partial charge in [0, 0.05) is 13.0 Å². The molecule has 0 bridgehead atoms. The van der Waals surface area contributed by atoms with Crippen LogP contribution in [0.1, 0.15) is 30.4 Å². The minimum Gasteiger partial charge on any atom is -0.252 e. The predicted octanol–water partition coefficient (Wildman–Crippen LogP) is 1.34. The van der Waals surface area contributed by atoms with Crippen molar-refractivity contribution in [2.45, 2.75) is 18.8 Å². The SMILES string of the molecule is C=Cc1nc(C2CC2)n(C)n1. The van der Waals surface area contributed by atoms with Crippen molar-refractivity contribution >= 4 is 6.08 Å². The number of aryl methyl sites for hydroxylation is 1. The van der Waals surface area contributed by atoms with E-state index in [1.165, 1.54) is 12.8 Å². The monoisotopic (exact) mass is 149 g/mol. The highest BCUT2D eigenvalue weighted by Gasteiger charge is 2.28. The Balaban J connectivity index is 2.37. The standard InChI is InChI=1S/C8H11N3/c1-3-7-9-8(6-4-5-6)11(2)10-7/h3,6H,1,4-5H2,2H3. The molecule has 3 heteroatoms. The zero-order chi connectivity index (χ0) is 7.84. The van der Waals surface area contributed by atoms with Gasteiger partial charge in [0.25, 0.3) is 0 Å². The van der Waals surface area contributed by atoms with Crippen LogP contribution in [0, 0.1) is 0 Å². The maximum absolute atomic E-state index is 4.32. The van der Waals surface area contributed by atoms with Crippen molar-refractivity contribution < 1.29 is 0 Å². The molecule has 1 saturated carbocycles. The van der Waals surface area contributed by atoms with Crippen LogP contribution in [0.3, 0.4) is 0 Å². The maximum atomic E-state index is 4.32.